The average molecular weight is 241 g/mol. The van der Waals surface area contributed by atoms with Gasteiger partial charge in [0.05, 0.1) is 5.75 Å². The summed E-state index contributed by atoms with van der Waals surface area (Å²) in [5.74, 6) is -1.01. The highest BCUT2D eigenvalue weighted by Gasteiger charge is 2.20. The Hall–Kier alpha value is -1.50. The van der Waals surface area contributed by atoms with Gasteiger partial charge in [-0.15, -0.1) is 5.10 Å². The molecule has 0 atom stereocenters. The molecule has 1 aliphatic rings. The lowest BCUT2D eigenvalue weighted by Gasteiger charge is -2.11. The van der Waals surface area contributed by atoms with E-state index >= 15 is 0 Å². The Bertz CT molecular complexity index is 469. The third kappa shape index (κ3) is 2.19. The fourth-order valence-corrected chi connectivity index (χ4v) is 2.39. The van der Waals surface area contributed by atoms with Crippen LogP contribution in [0.5, 0.6) is 0 Å². The van der Waals surface area contributed by atoms with Gasteiger partial charge in [0.1, 0.15) is 0 Å². The van der Waals surface area contributed by atoms with Gasteiger partial charge >= 0.3 is 11.7 Å². The van der Waals surface area contributed by atoms with Crippen LogP contribution in [0, 0.1) is 0 Å². The first kappa shape index (κ1) is 11.0. The van der Waals surface area contributed by atoms with Crippen LogP contribution in [0.3, 0.4) is 0 Å². The molecule has 0 radical (unpaired) electrons. The van der Waals surface area contributed by atoms with Crippen LogP contribution in [0.1, 0.15) is 18.9 Å². The van der Waals surface area contributed by atoms with Crippen molar-refractivity contribution in [2.45, 2.75) is 24.0 Å². The van der Waals surface area contributed by atoms with Gasteiger partial charge in [-0.05, 0) is 12.8 Å². The summed E-state index contributed by atoms with van der Waals surface area (Å²) in [5, 5.41) is 15.2. The highest BCUT2D eigenvalue weighted by atomic mass is 32.2. The van der Waals surface area contributed by atoms with Crippen molar-refractivity contribution in [3.8, 4) is 0 Å². The van der Waals surface area contributed by atoms with Gasteiger partial charge in [-0.1, -0.05) is 23.9 Å². The lowest BCUT2D eigenvalue weighted by molar-refractivity contribution is -0.133. The van der Waals surface area contributed by atoms with Crippen molar-refractivity contribution in [3.63, 3.8) is 0 Å². The zero-order valence-corrected chi connectivity index (χ0v) is 9.24. The average Bonchev–Trinajstić information content (AvgIpc) is 2.83. The first-order valence-electron chi connectivity index (χ1n) is 4.85. The normalized spacial score (nSPS) is 15.8. The van der Waals surface area contributed by atoms with E-state index in [0.29, 0.717) is 5.16 Å². The largest absolute Gasteiger partial charge is 0.481 e. The molecule has 0 bridgehead atoms. The molecular weight excluding hydrogens is 230 g/mol. The smallest absolute Gasteiger partial charge is 0.344 e. The third-order valence-electron chi connectivity index (χ3n) is 2.34. The van der Waals surface area contributed by atoms with Crippen LogP contribution < -0.4 is 5.69 Å². The Morgan fingerprint density at radius 2 is 2.31 bits per heavy atom. The molecule has 7 heteroatoms. The molecule has 0 saturated heterocycles. The minimum Gasteiger partial charge on any atom is -0.481 e. The molecule has 0 unspecified atom stereocenters. The summed E-state index contributed by atoms with van der Waals surface area (Å²) in [5.41, 5.74) is -0.276. The number of hydrogen-bond acceptors (Lipinski definition) is 4. The van der Waals surface area contributed by atoms with Crippen LogP contribution in [0.4, 0.5) is 0 Å². The lowest BCUT2D eigenvalue weighted by Crippen LogP contribution is -2.21. The van der Waals surface area contributed by atoms with Crippen LogP contribution in [0.2, 0.25) is 0 Å². The van der Waals surface area contributed by atoms with Crippen LogP contribution in [-0.4, -0.2) is 31.6 Å². The second-order valence-electron chi connectivity index (χ2n) is 3.46. The first-order valence-corrected chi connectivity index (χ1v) is 5.83. The van der Waals surface area contributed by atoms with E-state index in [2.05, 4.69) is 10.2 Å². The van der Waals surface area contributed by atoms with E-state index in [0.717, 1.165) is 24.6 Å². The third-order valence-corrected chi connectivity index (χ3v) is 3.28. The predicted octanol–water partition coefficient (Wildman–Crippen LogP) is 0.639. The highest BCUT2D eigenvalue weighted by Crippen LogP contribution is 2.26. The minimum atomic E-state index is -0.920. The number of aliphatic carboxylic acids is 1. The molecule has 1 aromatic heterocycles. The van der Waals surface area contributed by atoms with E-state index in [1.54, 1.807) is 0 Å². The van der Waals surface area contributed by atoms with Gasteiger partial charge in [0.25, 0.3) is 0 Å². The standard InChI is InChI=1S/C9H11N3O3S/c13-7(14)5-16-9-11-10-8(15)12(9)6-3-1-2-4-6/h1-2,6H,3-5H2,(H,10,15)(H,13,14). The Kier molecular flexibility index (Phi) is 3.14. The maximum Gasteiger partial charge on any atom is 0.344 e. The quantitative estimate of drug-likeness (QED) is 0.596. The number of carboxylic acid groups (broad SMARTS) is 1. The maximum atomic E-state index is 11.5. The number of aromatic nitrogens is 3. The number of aromatic amines is 1. The molecular formula is C9H11N3O3S. The van der Waals surface area contributed by atoms with Crippen LogP contribution >= 0.6 is 11.8 Å². The van der Waals surface area contributed by atoms with Crippen LogP contribution in [0.25, 0.3) is 0 Å². The van der Waals surface area contributed by atoms with Crippen LogP contribution in [0.15, 0.2) is 22.1 Å². The fourth-order valence-electron chi connectivity index (χ4n) is 1.65. The van der Waals surface area contributed by atoms with Gasteiger partial charge in [0.15, 0.2) is 5.16 Å². The number of nitrogens with zero attached hydrogens (tertiary/aromatic N) is 2. The van der Waals surface area contributed by atoms with Crippen molar-refractivity contribution in [3.05, 3.63) is 22.6 Å². The second kappa shape index (κ2) is 4.56. The number of rotatable bonds is 4. The number of allylic oxidation sites excluding steroid dienone is 2. The Labute approximate surface area is 95.4 Å². The SMILES string of the molecule is O=C(O)CSc1n[nH]c(=O)n1C1CC=CC1. The molecule has 86 valence electrons. The van der Waals surface area contributed by atoms with Gasteiger partial charge in [-0.3, -0.25) is 9.36 Å². The van der Waals surface area contributed by atoms with Crippen molar-refractivity contribution in [1.82, 2.24) is 14.8 Å². The summed E-state index contributed by atoms with van der Waals surface area (Å²) in [6, 6.07) is 0.0718. The molecule has 0 amide bonds. The minimum absolute atomic E-state index is 0.0718. The fraction of sp³-hybridized carbons (Fsp3) is 0.444. The lowest BCUT2D eigenvalue weighted by atomic mass is 10.2. The zero-order valence-electron chi connectivity index (χ0n) is 8.42. The van der Waals surface area contributed by atoms with Crippen molar-refractivity contribution in [2.75, 3.05) is 5.75 Å². The number of thioether (sulfide) groups is 1. The molecule has 0 saturated carbocycles. The molecule has 0 aliphatic heterocycles. The summed E-state index contributed by atoms with van der Waals surface area (Å²) < 4.78 is 1.54. The molecule has 16 heavy (non-hydrogen) atoms. The van der Waals surface area contributed by atoms with Crippen molar-refractivity contribution >= 4 is 17.7 Å². The van der Waals surface area contributed by atoms with Gasteiger partial charge < -0.3 is 5.11 Å². The maximum absolute atomic E-state index is 11.5. The molecule has 2 rings (SSSR count). The zero-order chi connectivity index (χ0) is 11.5. The molecule has 0 fully saturated rings. The van der Waals surface area contributed by atoms with E-state index < -0.39 is 5.97 Å². The summed E-state index contributed by atoms with van der Waals surface area (Å²) in [7, 11) is 0. The number of carboxylic acids is 1. The van der Waals surface area contributed by atoms with E-state index in [1.807, 2.05) is 12.2 Å². The van der Waals surface area contributed by atoms with E-state index in [4.69, 9.17) is 5.11 Å². The van der Waals surface area contributed by atoms with E-state index in [-0.39, 0.29) is 17.5 Å². The number of hydrogen-bond donors (Lipinski definition) is 2. The topological polar surface area (TPSA) is 88.0 Å². The highest BCUT2D eigenvalue weighted by molar-refractivity contribution is 7.99. The van der Waals surface area contributed by atoms with Gasteiger partial charge in [-0.2, -0.15) is 0 Å². The predicted molar refractivity (Wildman–Crippen MR) is 58.6 cm³/mol. The van der Waals surface area contributed by atoms with Gasteiger partial charge in [-0.25, -0.2) is 9.89 Å². The Morgan fingerprint density at radius 3 is 2.94 bits per heavy atom. The monoisotopic (exact) mass is 241 g/mol. The van der Waals surface area contributed by atoms with Gasteiger partial charge in [0.2, 0.25) is 0 Å². The number of H-pyrrole nitrogens is 1. The molecule has 1 aromatic rings. The molecule has 1 aliphatic carbocycles. The van der Waals surface area contributed by atoms with Crippen molar-refractivity contribution < 1.29 is 9.90 Å². The number of nitrogens with one attached hydrogen (secondary N) is 1. The van der Waals surface area contributed by atoms with Crippen molar-refractivity contribution in [1.29, 1.82) is 0 Å². The van der Waals surface area contributed by atoms with Crippen molar-refractivity contribution in [2.24, 2.45) is 0 Å². The Morgan fingerprint density at radius 1 is 1.62 bits per heavy atom. The van der Waals surface area contributed by atoms with Crippen LogP contribution in [-0.2, 0) is 4.79 Å². The Balaban J connectivity index is 2.18. The summed E-state index contributed by atoms with van der Waals surface area (Å²) in [6.45, 7) is 0. The molecule has 2 N–H and O–H groups in total. The molecule has 6 nitrogen and oxygen atoms in total. The van der Waals surface area contributed by atoms with E-state index in [9.17, 15) is 9.59 Å². The second-order valence-corrected chi connectivity index (χ2v) is 4.40. The van der Waals surface area contributed by atoms with E-state index in [1.165, 1.54) is 4.57 Å². The summed E-state index contributed by atoms with van der Waals surface area (Å²) in [6.07, 6.45) is 5.60. The summed E-state index contributed by atoms with van der Waals surface area (Å²) >= 11 is 1.06. The molecule has 1 heterocycles. The first-order chi connectivity index (χ1) is 7.68. The molecule has 0 spiro atoms. The molecule has 0 aromatic carbocycles. The van der Waals surface area contributed by atoms with Gasteiger partial charge in [0, 0.05) is 6.04 Å². The number of carbonyl (C=O) groups is 1. The summed E-state index contributed by atoms with van der Waals surface area (Å²) in [4.78, 5) is 22.0.